The van der Waals surface area contributed by atoms with E-state index in [1.54, 1.807) is 0 Å². The maximum atomic E-state index is 14.9. The first-order valence-electron chi connectivity index (χ1n) is 23.4. The van der Waals surface area contributed by atoms with Crippen LogP contribution in [0.15, 0.2) is 41.6 Å². The largest absolute Gasteiger partial charge is 0.392 e. The Morgan fingerprint density at radius 3 is 2.31 bits per heavy atom. The highest BCUT2D eigenvalue weighted by molar-refractivity contribution is 6.01. The Bertz CT molecular complexity index is 2200. The number of nitrogens with one attached hydrogen (secondary N) is 1. The summed E-state index contributed by atoms with van der Waals surface area (Å²) in [6, 6.07) is 9.03. The van der Waals surface area contributed by atoms with Crippen LogP contribution in [0, 0.1) is 65.1 Å². The summed E-state index contributed by atoms with van der Waals surface area (Å²) in [5.41, 5.74) is 8.89. The lowest BCUT2D eigenvalue weighted by Crippen LogP contribution is -2.68. The standard InChI is InChI=1S/C52H72N2O5/c1-11-36-34(26-32-23-29(2)22-30(3)24-32)44-37(18-21-53-44)54(36)28-35-43-42(31(4)25-38(55)47-48(5,6)59-47)39(56)27-51(43,9)50(8)20-16-40-49(7,46(50)45(35)58)19-17-41(57)52(40,10)33-14-12-13-15-33/h18,21-24,31,33,35,38,40,45-47,53,55,58H,11-17,19-20,25-28H2,1-10H3/t31-,35-,38-,40-,45-,46-,47-,49-,50+,51+,52+/m1/s1. The Kier molecular flexibility index (Phi) is 9.82. The van der Waals surface area contributed by atoms with Crippen LogP contribution in [0.3, 0.4) is 0 Å². The van der Waals surface area contributed by atoms with Crippen molar-refractivity contribution in [3.63, 3.8) is 0 Å². The number of hydrogen-bond donors (Lipinski definition) is 3. The molecule has 320 valence electrons. The number of aliphatic hydroxyl groups excluding tert-OH is 2. The van der Waals surface area contributed by atoms with Crippen molar-refractivity contribution in [1.29, 1.82) is 0 Å². The van der Waals surface area contributed by atoms with Gasteiger partial charge in [-0.15, -0.1) is 0 Å². The van der Waals surface area contributed by atoms with Crippen LogP contribution in [-0.4, -0.2) is 55.2 Å². The third-order valence-electron chi connectivity index (χ3n) is 18.5. The van der Waals surface area contributed by atoms with Gasteiger partial charge in [0.2, 0.25) is 0 Å². The average molecular weight is 805 g/mol. The molecule has 3 N–H and O–H groups in total. The second kappa shape index (κ2) is 14.0. The van der Waals surface area contributed by atoms with Gasteiger partial charge in [0.25, 0.3) is 0 Å². The molecule has 11 atom stereocenters. The minimum atomic E-state index is -0.704. The van der Waals surface area contributed by atoms with Gasteiger partial charge in [-0.25, -0.2) is 0 Å². The van der Waals surface area contributed by atoms with Crippen LogP contribution in [-0.2, 0) is 33.7 Å². The molecule has 3 aromatic rings. The second-order valence-corrected chi connectivity index (χ2v) is 22.2. The Morgan fingerprint density at radius 1 is 0.983 bits per heavy atom. The summed E-state index contributed by atoms with van der Waals surface area (Å²) in [6.45, 7) is 22.9. The van der Waals surface area contributed by atoms with E-state index in [0.717, 1.165) is 67.1 Å². The highest BCUT2D eigenvalue weighted by atomic mass is 16.6. The first kappa shape index (κ1) is 41.4. The van der Waals surface area contributed by atoms with Gasteiger partial charge >= 0.3 is 0 Å². The normalized spacial score (nSPS) is 37.8. The minimum absolute atomic E-state index is 0.0767. The van der Waals surface area contributed by atoms with E-state index in [1.807, 2.05) is 13.8 Å². The molecule has 6 aliphatic rings. The molecule has 7 nitrogen and oxygen atoms in total. The molecule has 59 heavy (non-hydrogen) atoms. The molecule has 2 aromatic heterocycles. The predicted molar refractivity (Wildman–Crippen MR) is 234 cm³/mol. The van der Waals surface area contributed by atoms with E-state index in [0.29, 0.717) is 37.5 Å². The molecule has 0 radical (unpaired) electrons. The lowest BCUT2D eigenvalue weighted by Gasteiger charge is -2.70. The maximum Gasteiger partial charge on any atom is 0.160 e. The van der Waals surface area contributed by atoms with Crippen LogP contribution in [0.25, 0.3) is 11.0 Å². The van der Waals surface area contributed by atoms with Crippen LogP contribution in [0.4, 0.5) is 0 Å². The lowest BCUT2D eigenvalue weighted by atomic mass is 9.34. The van der Waals surface area contributed by atoms with Crippen LogP contribution in [0.1, 0.15) is 148 Å². The van der Waals surface area contributed by atoms with Crippen molar-refractivity contribution in [2.45, 2.75) is 177 Å². The molecule has 0 unspecified atom stereocenters. The smallest absolute Gasteiger partial charge is 0.160 e. The number of aliphatic hydroxyl groups is 2. The van der Waals surface area contributed by atoms with Crippen LogP contribution < -0.4 is 0 Å². The maximum absolute atomic E-state index is 14.9. The fraction of sp³-hybridized carbons (Fsp3) is 0.692. The number of H-pyrrole nitrogens is 1. The van der Waals surface area contributed by atoms with Gasteiger partial charge < -0.3 is 24.5 Å². The molecule has 7 heteroatoms. The highest BCUT2D eigenvalue weighted by Crippen LogP contribution is 2.76. The van der Waals surface area contributed by atoms with Crippen molar-refractivity contribution in [2.75, 3.05) is 0 Å². The van der Waals surface area contributed by atoms with Gasteiger partial charge in [0, 0.05) is 60.0 Å². The zero-order valence-electron chi connectivity index (χ0n) is 37.8. The Morgan fingerprint density at radius 2 is 1.66 bits per heavy atom. The van der Waals surface area contributed by atoms with Crippen molar-refractivity contribution in [3.8, 4) is 0 Å². The summed E-state index contributed by atoms with van der Waals surface area (Å²) in [6.07, 6.45) is 10.9. The number of allylic oxidation sites excluding steroid dienone is 1. The van der Waals surface area contributed by atoms with Gasteiger partial charge in [-0.2, -0.15) is 0 Å². The topological polar surface area (TPSA) is 108 Å². The summed E-state index contributed by atoms with van der Waals surface area (Å²) < 4.78 is 8.39. The van der Waals surface area contributed by atoms with Crippen molar-refractivity contribution in [3.05, 3.63) is 69.6 Å². The van der Waals surface area contributed by atoms with Gasteiger partial charge in [-0.1, -0.05) is 83.7 Å². The van der Waals surface area contributed by atoms with Crippen molar-refractivity contribution in [2.24, 2.45) is 51.2 Å². The van der Waals surface area contributed by atoms with E-state index in [1.165, 1.54) is 40.8 Å². The third-order valence-corrected chi connectivity index (χ3v) is 18.5. The fourth-order valence-corrected chi connectivity index (χ4v) is 15.8. The molecular weight excluding hydrogens is 733 g/mol. The number of Topliss-reactive ketones (excluding diaryl/α,β-unsaturated/α-hetero) is 2. The Labute approximate surface area is 353 Å². The summed E-state index contributed by atoms with van der Waals surface area (Å²) in [5, 5.41) is 25.2. The van der Waals surface area contributed by atoms with Crippen LogP contribution in [0.2, 0.25) is 0 Å². The molecule has 5 fully saturated rings. The molecule has 0 spiro atoms. The molecule has 9 rings (SSSR count). The van der Waals surface area contributed by atoms with Gasteiger partial charge in [0.1, 0.15) is 11.9 Å². The quantitative estimate of drug-likeness (QED) is 0.177. The second-order valence-electron chi connectivity index (χ2n) is 22.2. The monoisotopic (exact) mass is 805 g/mol. The number of benzene rings is 1. The van der Waals surface area contributed by atoms with E-state index >= 15 is 0 Å². The van der Waals surface area contributed by atoms with E-state index in [9.17, 15) is 19.8 Å². The molecular formula is C52H72N2O5. The molecule has 0 amide bonds. The zero-order valence-corrected chi connectivity index (χ0v) is 37.8. The lowest BCUT2D eigenvalue weighted by molar-refractivity contribution is -0.226. The summed E-state index contributed by atoms with van der Waals surface area (Å²) in [7, 11) is 0. The average Bonchev–Trinajstić information content (AvgIpc) is 3.71. The molecule has 1 aromatic carbocycles. The first-order valence-corrected chi connectivity index (χ1v) is 23.4. The molecule has 0 bridgehead atoms. The number of hydrogen-bond acceptors (Lipinski definition) is 5. The van der Waals surface area contributed by atoms with Crippen molar-refractivity contribution >= 4 is 22.6 Å². The van der Waals surface area contributed by atoms with Crippen LogP contribution in [0.5, 0.6) is 0 Å². The number of aryl methyl sites for hydroxylation is 2. The summed E-state index contributed by atoms with van der Waals surface area (Å²) in [5.74, 6) is 0.678. The van der Waals surface area contributed by atoms with Crippen molar-refractivity contribution in [1.82, 2.24) is 9.55 Å². The number of epoxide rings is 1. The number of fused-ring (bicyclic) bond motifs is 6. The highest BCUT2D eigenvalue weighted by Gasteiger charge is 2.73. The Balaban J connectivity index is 1.20. The van der Waals surface area contributed by atoms with Crippen molar-refractivity contribution < 1.29 is 24.5 Å². The number of aromatic amines is 1. The minimum Gasteiger partial charge on any atom is -0.392 e. The number of aromatic nitrogens is 2. The fourth-order valence-electron chi connectivity index (χ4n) is 15.8. The summed E-state index contributed by atoms with van der Waals surface area (Å²) >= 11 is 0. The SMILES string of the molecule is CCc1c(Cc2cc(C)cc(C)c2)c2[nH]ccc2n1C[C@@H]1C2=C([C@H](C)C[C@@H](O)[C@H]3OC3(C)C)C(=O)C[C@]2(C)[C@@]2(C)CC[C@@H]3[C@@](C)(CCC(=O)[C@@]3(C)C3CCCC3)[C@H]2[C@@H]1O. The zero-order chi connectivity index (χ0) is 42.2. The number of nitrogens with zero attached hydrogens (tertiary/aromatic N) is 1. The molecule has 3 heterocycles. The summed E-state index contributed by atoms with van der Waals surface area (Å²) in [4.78, 5) is 32.9. The Hall–Kier alpha value is -3.00. The van der Waals surface area contributed by atoms with E-state index < -0.39 is 17.6 Å². The molecule has 1 aliphatic heterocycles. The number of rotatable bonds is 10. The molecule has 1 saturated heterocycles. The van der Waals surface area contributed by atoms with E-state index in [4.69, 9.17) is 4.74 Å². The van der Waals surface area contributed by atoms with Gasteiger partial charge in [-0.3, -0.25) is 9.59 Å². The third kappa shape index (κ3) is 5.96. The molecule has 4 saturated carbocycles. The predicted octanol–water partition coefficient (Wildman–Crippen LogP) is 10.2. The van der Waals surface area contributed by atoms with Gasteiger partial charge in [0.15, 0.2) is 5.78 Å². The number of carbonyl (C=O) groups is 2. The first-order chi connectivity index (χ1) is 27.8. The van der Waals surface area contributed by atoms with E-state index in [-0.39, 0.29) is 57.4 Å². The van der Waals surface area contributed by atoms with Gasteiger partial charge in [-0.05, 0) is 130 Å². The van der Waals surface area contributed by atoms with Gasteiger partial charge in [0.05, 0.1) is 28.8 Å². The number of ether oxygens (including phenoxy) is 1. The van der Waals surface area contributed by atoms with E-state index in [2.05, 4.69) is 95.4 Å². The van der Waals surface area contributed by atoms with Crippen LogP contribution >= 0.6 is 0 Å². The number of ketones is 2. The number of carbonyl (C=O) groups excluding carboxylic acids is 2. The molecule has 5 aliphatic carbocycles.